The highest BCUT2D eigenvalue weighted by molar-refractivity contribution is 7.27. The second kappa shape index (κ2) is 9.87. The predicted octanol–water partition coefficient (Wildman–Crippen LogP) is 14.3. The fourth-order valence-corrected chi connectivity index (χ4v) is 9.55. The SMILES string of the molecule is [C-]#[N+]c1ccc2cc3cc(-c4ccc5c(c4)c4ccccc4c4c5ccc5c4sc4ccc6c7ccccc7ccc6c45)ccc3cc2c1. The zero-order chi connectivity index (χ0) is 32.2. The van der Waals surface area contributed by atoms with Gasteiger partial charge in [0, 0.05) is 25.6 Å². The van der Waals surface area contributed by atoms with Gasteiger partial charge in [0.2, 0.25) is 0 Å². The molecule has 10 aromatic carbocycles. The molecule has 0 amide bonds. The van der Waals surface area contributed by atoms with Gasteiger partial charge < -0.3 is 0 Å². The molecule has 224 valence electrons. The van der Waals surface area contributed by atoms with Crippen molar-refractivity contribution in [1.29, 1.82) is 0 Å². The third kappa shape index (κ3) is 3.80. The van der Waals surface area contributed by atoms with Crippen LogP contribution in [0.4, 0.5) is 5.69 Å². The van der Waals surface area contributed by atoms with Crippen LogP contribution in [0.5, 0.6) is 0 Å². The number of benzene rings is 10. The second-order valence-corrected chi connectivity index (χ2v) is 14.2. The summed E-state index contributed by atoms with van der Waals surface area (Å²) in [5.41, 5.74) is 3.09. The molecule has 1 aromatic heterocycles. The van der Waals surface area contributed by atoms with Crippen molar-refractivity contribution in [2.75, 3.05) is 0 Å². The van der Waals surface area contributed by atoms with E-state index in [1.165, 1.54) is 95.9 Å². The molecule has 1 nitrogen and oxygen atoms in total. The number of hydrogen-bond acceptors (Lipinski definition) is 1. The van der Waals surface area contributed by atoms with Gasteiger partial charge in [0.05, 0.1) is 6.57 Å². The zero-order valence-electron chi connectivity index (χ0n) is 26.3. The summed E-state index contributed by atoms with van der Waals surface area (Å²) in [6.07, 6.45) is 0. The summed E-state index contributed by atoms with van der Waals surface area (Å²) in [5, 5.41) is 20.4. The lowest BCUT2D eigenvalue weighted by Crippen LogP contribution is -1.86. The zero-order valence-corrected chi connectivity index (χ0v) is 27.1. The first-order chi connectivity index (χ1) is 24.2. The van der Waals surface area contributed by atoms with Crippen molar-refractivity contribution in [2.45, 2.75) is 0 Å². The van der Waals surface area contributed by atoms with Crippen molar-refractivity contribution in [3.8, 4) is 11.1 Å². The third-order valence-electron chi connectivity index (χ3n) is 10.6. The summed E-state index contributed by atoms with van der Waals surface area (Å²) in [6, 6.07) is 55.7. The van der Waals surface area contributed by atoms with Gasteiger partial charge in [-0.25, -0.2) is 4.85 Å². The average Bonchev–Trinajstić information content (AvgIpc) is 3.55. The van der Waals surface area contributed by atoms with E-state index in [1.54, 1.807) is 0 Å². The molecular weight excluding hydrogens is 611 g/mol. The van der Waals surface area contributed by atoms with Gasteiger partial charge in [-0.2, -0.15) is 0 Å². The summed E-state index contributed by atoms with van der Waals surface area (Å²) in [5.74, 6) is 0. The van der Waals surface area contributed by atoms with E-state index >= 15 is 0 Å². The van der Waals surface area contributed by atoms with Gasteiger partial charge in [-0.1, -0.05) is 115 Å². The fourth-order valence-electron chi connectivity index (χ4n) is 8.27. The molecule has 0 saturated carbocycles. The Morgan fingerprint density at radius 1 is 0.367 bits per heavy atom. The molecule has 0 bridgehead atoms. The van der Waals surface area contributed by atoms with Crippen molar-refractivity contribution in [3.05, 3.63) is 163 Å². The van der Waals surface area contributed by atoms with Crippen molar-refractivity contribution in [2.24, 2.45) is 0 Å². The monoisotopic (exact) mass is 635 g/mol. The summed E-state index contributed by atoms with van der Waals surface area (Å²) >= 11 is 1.92. The van der Waals surface area contributed by atoms with Gasteiger partial charge in [0.15, 0.2) is 5.69 Å². The van der Waals surface area contributed by atoms with Crippen LogP contribution in [0.1, 0.15) is 0 Å². The minimum Gasteiger partial charge on any atom is -0.238 e. The van der Waals surface area contributed by atoms with Crippen molar-refractivity contribution < 1.29 is 0 Å². The van der Waals surface area contributed by atoms with Crippen molar-refractivity contribution >= 4 is 113 Å². The van der Waals surface area contributed by atoms with Crippen LogP contribution < -0.4 is 0 Å². The highest BCUT2D eigenvalue weighted by atomic mass is 32.1. The van der Waals surface area contributed by atoms with E-state index in [2.05, 4.69) is 144 Å². The molecule has 0 atom stereocenters. The summed E-state index contributed by atoms with van der Waals surface area (Å²) in [4.78, 5) is 3.62. The van der Waals surface area contributed by atoms with Gasteiger partial charge in [0.25, 0.3) is 0 Å². The van der Waals surface area contributed by atoms with E-state index in [1.807, 2.05) is 23.5 Å². The lowest BCUT2D eigenvalue weighted by Gasteiger charge is -2.13. The molecule has 11 rings (SSSR count). The van der Waals surface area contributed by atoms with Crippen LogP contribution in [-0.4, -0.2) is 0 Å². The lowest BCUT2D eigenvalue weighted by atomic mass is 9.90. The number of thiophene rings is 1. The molecule has 2 heteroatoms. The number of fused-ring (bicyclic) bond motifs is 16. The maximum absolute atomic E-state index is 7.39. The average molecular weight is 636 g/mol. The highest BCUT2D eigenvalue weighted by Crippen LogP contribution is 2.47. The summed E-state index contributed by atoms with van der Waals surface area (Å²) in [6.45, 7) is 7.39. The number of hydrogen-bond donors (Lipinski definition) is 0. The summed E-state index contributed by atoms with van der Waals surface area (Å²) in [7, 11) is 0. The molecule has 11 aromatic rings. The fraction of sp³-hybridized carbons (Fsp3) is 0. The summed E-state index contributed by atoms with van der Waals surface area (Å²) < 4.78 is 2.70. The first-order valence-corrected chi connectivity index (χ1v) is 17.4. The topological polar surface area (TPSA) is 4.36 Å². The molecular formula is C47H25NS. The third-order valence-corrected chi connectivity index (χ3v) is 11.8. The van der Waals surface area contributed by atoms with Crippen molar-refractivity contribution in [3.63, 3.8) is 0 Å². The largest absolute Gasteiger partial charge is 0.238 e. The van der Waals surface area contributed by atoms with Crippen LogP contribution in [0, 0.1) is 6.57 Å². The van der Waals surface area contributed by atoms with Crippen LogP contribution in [0.2, 0.25) is 0 Å². The molecule has 0 aliphatic carbocycles. The van der Waals surface area contributed by atoms with E-state index in [0.717, 1.165) is 10.8 Å². The Balaban J connectivity index is 1.15. The highest BCUT2D eigenvalue weighted by Gasteiger charge is 2.17. The normalized spacial score (nSPS) is 12.1. The molecule has 49 heavy (non-hydrogen) atoms. The van der Waals surface area contributed by atoms with Crippen LogP contribution in [0.25, 0.3) is 112 Å². The van der Waals surface area contributed by atoms with Gasteiger partial charge >= 0.3 is 0 Å². The minimum absolute atomic E-state index is 0.676. The van der Waals surface area contributed by atoms with Crippen LogP contribution >= 0.6 is 11.3 Å². The van der Waals surface area contributed by atoms with Crippen LogP contribution in [-0.2, 0) is 0 Å². The molecule has 0 spiro atoms. The lowest BCUT2D eigenvalue weighted by molar-refractivity contribution is 1.69. The molecule has 0 N–H and O–H groups in total. The van der Waals surface area contributed by atoms with Gasteiger partial charge in [-0.05, 0) is 118 Å². The molecule has 1 heterocycles. The Morgan fingerprint density at radius 3 is 1.82 bits per heavy atom. The van der Waals surface area contributed by atoms with Crippen LogP contribution in [0.3, 0.4) is 0 Å². The molecule has 0 radical (unpaired) electrons. The van der Waals surface area contributed by atoms with Crippen LogP contribution in [0.15, 0.2) is 152 Å². The quantitative estimate of drug-likeness (QED) is 0.0960. The van der Waals surface area contributed by atoms with Gasteiger partial charge in [-0.15, -0.1) is 11.3 Å². The van der Waals surface area contributed by atoms with E-state index in [-0.39, 0.29) is 0 Å². The Bertz CT molecular complexity index is 3260. The van der Waals surface area contributed by atoms with E-state index < -0.39 is 0 Å². The Labute approximate surface area is 285 Å². The van der Waals surface area contributed by atoms with E-state index in [0.29, 0.717) is 5.69 Å². The second-order valence-electron chi connectivity index (χ2n) is 13.2. The maximum atomic E-state index is 7.39. The standard InChI is InChI=1S/C47H25NS/c1-48-34-15-12-30-23-32-22-28(10-11-29(32)24-33(30)25-34)31-14-16-38-41-18-19-42-45-40-17-13-27-6-2-3-7-35(27)37(40)20-21-44(45)49-47(42)46(41)39-9-5-4-8-36(39)43(38)26-31/h2-26H. The minimum atomic E-state index is 0.676. The molecule has 0 unspecified atom stereocenters. The van der Waals surface area contributed by atoms with E-state index in [9.17, 15) is 0 Å². The predicted molar refractivity (Wildman–Crippen MR) is 214 cm³/mol. The Morgan fingerprint density at radius 2 is 0.939 bits per heavy atom. The van der Waals surface area contributed by atoms with Crippen molar-refractivity contribution in [1.82, 2.24) is 0 Å². The molecule has 0 aliphatic rings. The molecule has 0 aliphatic heterocycles. The maximum Gasteiger partial charge on any atom is 0.187 e. The first kappa shape index (κ1) is 26.8. The smallest absolute Gasteiger partial charge is 0.187 e. The van der Waals surface area contributed by atoms with Gasteiger partial charge in [0.1, 0.15) is 0 Å². The Hall–Kier alpha value is -6.27. The molecule has 0 fully saturated rings. The molecule has 0 saturated heterocycles. The van der Waals surface area contributed by atoms with E-state index in [4.69, 9.17) is 6.57 Å². The van der Waals surface area contributed by atoms with Gasteiger partial charge in [-0.3, -0.25) is 0 Å². The number of nitrogens with zero attached hydrogens (tertiary/aromatic N) is 1. The number of rotatable bonds is 1. The Kier molecular flexibility index (Phi) is 5.39. The first-order valence-electron chi connectivity index (χ1n) is 16.6.